The number of methoxy groups -OCH3 is 1. The van der Waals surface area contributed by atoms with Crippen molar-refractivity contribution in [3.63, 3.8) is 0 Å². The van der Waals surface area contributed by atoms with Crippen LogP contribution in [0.4, 0.5) is 16.2 Å². The normalized spacial score (nSPS) is 9.21. The molecule has 0 heterocycles. The van der Waals surface area contributed by atoms with E-state index in [1.807, 2.05) is 12.1 Å². The number of hydrogen-bond donors (Lipinski definition) is 3. The molecule has 0 atom stereocenters. The molecule has 0 unspecified atom stereocenters. The van der Waals surface area contributed by atoms with E-state index in [2.05, 4.69) is 14.2 Å². The highest BCUT2D eigenvalue weighted by Gasteiger charge is 1.99. The Labute approximate surface area is 86.3 Å². The molecule has 0 aromatic heterocycles. The van der Waals surface area contributed by atoms with Gasteiger partial charge in [-0.2, -0.15) is 0 Å². The third-order valence-corrected chi connectivity index (χ3v) is 2.03. The molecule has 76 valence electrons. The lowest BCUT2D eigenvalue weighted by atomic mass is 10.3. The zero-order valence-corrected chi connectivity index (χ0v) is 8.43. The van der Waals surface area contributed by atoms with Crippen molar-refractivity contribution in [2.24, 2.45) is 0 Å². The number of nitrogens with two attached hydrogens (primary N) is 1. The van der Waals surface area contributed by atoms with Gasteiger partial charge in [0, 0.05) is 0 Å². The third kappa shape index (κ3) is 3.06. The summed E-state index contributed by atoms with van der Waals surface area (Å²) < 4.78 is 9.63. The van der Waals surface area contributed by atoms with Gasteiger partial charge in [0.25, 0.3) is 0 Å². The average molecular weight is 213 g/mol. The quantitative estimate of drug-likeness (QED) is 0.525. The van der Waals surface area contributed by atoms with Gasteiger partial charge in [0.2, 0.25) is 0 Å². The topological polar surface area (TPSA) is 76.4 Å². The molecule has 1 aromatic carbocycles. The number of anilines is 2. The molecule has 0 spiro atoms. The first-order valence-electron chi connectivity index (χ1n) is 3.84. The van der Waals surface area contributed by atoms with Gasteiger partial charge in [0.1, 0.15) is 0 Å². The minimum atomic E-state index is -0.517. The number of para-hydroxylation sites is 2. The molecular formula is C8H11N3O2S. The molecule has 1 aromatic rings. The standard InChI is InChI=1S/C8H11N3O2S/c1-13-8(12)11-14-10-7-5-3-2-4-6(7)9/h2-5,10H,9H2,1H3,(H,11,12). The summed E-state index contributed by atoms with van der Waals surface area (Å²) in [5.74, 6) is 0. The molecule has 1 rings (SSSR count). The van der Waals surface area contributed by atoms with Gasteiger partial charge in [-0.15, -0.1) is 0 Å². The molecule has 0 radical (unpaired) electrons. The van der Waals surface area contributed by atoms with Crippen molar-refractivity contribution in [1.29, 1.82) is 0 Å². The molecule has 0 saturated heterocycles. The van der Waals surface area contributed by atoms with Crippen LogP contribution in [0.1, 0.15) is 0 Å². The summed E-state index contributed by atoms with van der Waals surface area (Å²) in [6, 6.07) is 7.25. The highest BCUT2D eigenvalue weighted by molar-refractivity contribution is 7.99. The molecule has 0 aliphatic heterocycles. The summed E-state index contributed by atoms with van der Waals surface area (Å²) in [4.78, 5) is 10.7. The van der Waals surface area contributed by atoms with E-state index in [0.717, 1.165) is 17.8 Å². The van der Waals surface area contributed by atoms with Crippen LogP contribution in [-0.2, 0) is 4.74 Å². The maximum absolute atomic E-state index is 10.7. The monoisotopic (exact) mass is 213 g/mol. The van der Waals surface area contributed by atoms with Crippen molar-refractivity contribution in [2.75, 3.05) is 17.6 Å². The summed E-state index contributed by atoms with van der Waals surface area (Å²) in [7, 11) is 1.30. The summed E-state index contributed by atoms with van der Waals surface area (Å²) in [5.41, 5.74) is 7.01. The van der Waals surface area contributed by atoms with Gasteiger partial charge in [0.05, 0.1) is 30.6 Å². The van der Waals surface area contributed by atoms with Gasteiger partial charge in [-0.05, 0) is 12.1 Å². The Balaban J connectivity index is 2.39. The zero-order chi connectivity index (χ0) is 10.4. The van der Waals surface area contributed by atoms with Gasteiger partial charge in [0.15, 0.2) is 0 Å². The highest BCUT2D eigenvalue weighted by atomic mass is 32.2. The van der Waals surface area contributed by atoms with Crippen LogP contribution in [0.5, 0.6) is 0 Å². The SMILES string of the molecule is COC(=O)NSNc1ccccc1N. The molecule has 0 aliphatic carbocycles. The summed E-state index contributed by atoms with van der Waals surface area (Å²) in [6.45, 7) is 0. The molecule has 6 heteroatoms. The first-order valence-corrected chi connectivity index (χ1v) is 4.66. The molecule has 0 bridgehead atoms. The van der Waals surface area contributed by atoms with Crippen LogP contribution in [-0.4, -0.2) is 13.2 Å². The van der Waals surface area contributed by atoms with Crippen LogP contribution in [0, 0.1) is 0 Å². The number of nitrogens with one attached hydrogen (secondary N) is 2. The third-order valence-electron chi connectivity index (χ3n) is 1.44. The van der Waals surface area contributed by atoms with Crippen molar-refractivity contribution in [1.82, 2.24) is 4.72 Å². The Morgan fingerprint density at radius 1 is 1.50 bits per heavy atom. The van der Waals surface area contributed by atoms with Crippen LogP contribution in [0.3, 0.4) is 0 Å². The summed E-state index contributed by atoms with van der Waals surface area (Å²) >= 11 is 0.999. The summed E-state index contributed by atoms with van der Waals surface area (Å²) in [5, 5.41) is 0. The Bertz CT molecular complexity index is 319. The minimum Gasteiger partial charge on any atom is -0.452 e. The molecule has 4 N–H and O–H groups in total. The second kappa shape index (κ2) is 5.23. The van der Waals surface area contributed by atoms with Crippen LogP contribution >= 0.6 is 12.1 Å². The van der Waals surface area contributed by atoms with Crippen LogP contribution in [0.2, 0.25) is 0 Å². The molecule has 0 saturated carbocycles. The van der Waals surface area contributed by atoms with E-state index in [9.17, 15) is 4.79 Å². The van der Waals surface area contributed by atoms with E-state index in [1.54, 1.807) is 12.1 Å². The predicted molar refractivity (Wildman–Crippen MR) is 57.6 cm³/mol. The highest BCUT2D eigenvalue weighted by Crippen LogP contribution is 2.18. The van der Waals surface area contributed by atoms with E-state index in [4.69, 9.17) is 5.73 Å². The largest absolute Gasteiger partial charge is 0.452 e. The Morgan fingerprint density at radius 2 is 2.21 bits per heavy atom. The van der Waals surface area contributed by atoms with E-state index in [-0.39, 0.29) is 0 Å². The summed E-state index contributed by atoms with van der Waals surface area (Å²) in [6.07, 6.45) is -0.517. The van der Waals surface area contributed by atoms with Crippen molar-refractivity contribution in [2.45, 2.75) is 0 Å². The average Bonchev–Trinajstić information content (AvgIpc) is 2.20. The second-order valence-corrected chi connectivity index (χ2v) is 3.00. The number of rotatable bonds is 3. The van der Waals surface area contributed by atoms with Crippen LogP contribution in [0.25, 0.3) is 0 Å². The fourth-order valence-corrected chi connectivity index (χ4v) is 1.27. The smallest absolute Gasteiger partial charge is 0.418 e. The zero-order valence-electron chi connectivity index (χ0n) is 7.61. The van der Waals surface area contributed by atoms with Gasteiger partial charge < -0.3 is 15.2 Å². The second-order valence-electron chi connectivity index (χ2n) is 2.39. The van der Waals surface area contributed by atoms with Crippen molar-refractivity contribution in [3.05, 3.63) is 24.3 Å². The first kappa shape index (κ1) is 10.5. The number of ether oxygens (including phenoxy) is 1. The van der Waals surface area contributed by atoms with Crippen LogP contribution < -0.4 is 15.2 Å². The first-order chi connectivity index (χ1) is 6.74. The number of hydrogen-bond acceptors (Lipinski definition) is 5. The maximum Gasteiger partial charge on any atom is 0.418 e. The number of carbonyl (C=O) groups excluding carboxylic acids is 1. The fraction of sp³-hybridized carbons (Fsp3) is 0.125. The molecular weight excluding hydrogens is 202 g/mol. The lowest BCUT2D eigenvalue weighted by Gasteiger charge is -2.07. The van der Waals surface area contributed by atoms with Gasteiger partial charge in [-0.1, -0.05) is 12.1 Å². The van der Waals surface area contributed by atoms with Gasteiger partial charge >= 0.3 is 6.09 Å². The number of amides is 1. The molecule has 5 nitrogen and oxygen atoms in total. The lowest BCUT2D eigenvalue weighted by Crippen LogP contribution is -2.17. The number of benzene rings is 1. The molecule has 0 fully saturated rings. The van der Waals surface area contributed by atoms with Gasteiger partial charge in [-0.25, -0.2) is 9.52 Å². The van der Waals surface area contributed by atoms with Gasteiger partial charge in [-0.3, -0.25) is 0 Å². The molecule has 1 amide bonds. The minimum absolute atomic E-state index is 0.517. The molecule has 14 heavy (non-hydrogen) atoms. The Kier molecular flexibility index (Phi) is 3.93. The fourth-order valence-electron chi connectivity index (χ4n) is 0.754. The predicted octanol–water partition coefficient (Wildman–Crippen LogP) is 1.60. The van der Waals surface area contributed by atoms with E-state index >= 15 is 0 Å². The van der Waals surface area contributed by atoms with E-state index in [0.29, 0.717) is 5.69 Å². The molecule has 0 aliphatic rings. The lowest BCUT2D eigenvalue weighted by molar-refractivity contribution is 0.178. The Hall–Kier alpha value is -1.56. The maximum atomic E-state index is 10.7. The van der Waals surface area contributed by atoms with E-state index < -0.39 is 6.09 Å². The Morgan fingerprint density at radius 3 is 2.86 bits per heavy atom. The number of carbonyl (C=O) groups is 1. The van der Waals surface area contributed by atoms with Crippen LogP contribution in [0.15, 0.2) is 24.3 Å². The van der Waals surface area contributed by atoms with Crippen molar-refractivity contribution >= 4 is 29.6 Å². The van der Waals surface area contributed by atoms with E-state index in [1.165, 1.54) is 7.11 Å². The van der Waals surface area contributed by atoms with Crippen molar-refractivity contribution < 1.29 is 9.53 Å². The number of nitrogen functional groups attached to an aromatic ring is 1. The van der Waals surface area contributed by atoms with Crippen molar-refractivity contribution in [3.8, 4) is 0 Å².